The number of amides is 2. The zero-order chi connectivity index (χ0) is 23.0. The molecule has 0 aliphatic rings. The van der Waals surface area contributed by atoms with Gasteiger partial charge >= 0.3 is 18.2 Å². The predicted octanol–water partition coefficient (Wildman–Crippen LogP) is 6.54. The molecule has 1 heterocycles. The molecule has 0 atom stereocenters. The van der Waals surface area contributed by atoms with E-state index in [0.29, 0.717) is 6.54 Å². The molecular formula is C21H38F3N5O2. The molecular weight excluding hydrogens is 411 g/mol. The van der Waals surface area contributed by atoms with Crippen LogP contribution in [0.1, 0.15) is 103 Å². The van der Waals surface area contributed by atoms with Gasteiger partial charge in [0.1, 0.15) is 0 Å². The SMILES string of the molecule is CCCCCCCCCCCCCCCCN(C)C(=O)NNc1nc(C(F)(F)F)no1. The summed E-state index contributed by atoms with van der Waals surface area (Å²) in [4.78, 5) is 16.5. The van der Waals surface area contributed by atoms with Gasteiger partial charge in [-0.25, -0.2) is 15.6 Å². The molecule has 0 bridgehead atoms. The number of nitrogens with zero attached hydrogens (tertiary/aromatic N) is 3. The summed E-state index contributed by atoms with van der Waals surface area (Å²) in [5.74, 6) is -1.40. The minimum atomic E-state index is -4.70. The van der Waals surface area contributed by atoms with Crippen LogP contribution in [0.4, 0.5) is 24.0 Å². The first-order valence-electron chi connectivity index (χ1n) is 11.5. The molecule has 0 saturated carbocycles. The molecule has 2 N–H and O–H groups in total. The maximum Gasteiger partial charge on any atom is 0.455 e. The summed E-state index contributed by atoms with van der Waals surface area (Å²) < 4.78 is 41.5. The summed E-state index contributed by atoms with van der Waals surface area (Å²) in [6, 6.07) is -1.01. The highest BCUT2D eigenvalue weighted by Crippen LogP contribution is 2.26. The standard InChI is InChI=1S/C21H38F3N5O2/c1-3-4-5-6-7-8-9-10-11-12-13-14-15-16-17-29(2)20(30)27-26-19-25-18(28-31-19)21(22,23)24/h3-17H2,1-2H3,(H,27,30)(H,25,26,28). The largest absolute Gasteiger partial charge is 0.455 e. The summed E-state index contributed by atoms with van der Waals surface area (Å²) >= 11 is 0. The predicted molar refractivity (Wildman–Crippen MR) is 114 cm³/mol. The Labute approximate surface area is 183 Å². The number of carbonyl (C=O) groups is 1. The summed E-state index contributed by atoms with van der Waals surface area (Å²) in [5, 5.41) is 2.79. The summed E-state index contributed by atoms with van der Waals surface area (Å²) in [6.45, 7) is 2.80. The Hall–Kier alpha value is -2.00. The van der Waals surface area contributed by atoms with Crippen LogP contribution in [0, 0.1) is 0 Å². The molecule has 0 fully saturated rings. The van der Waals surface area contributed by atoms with Crippen molar-refractivity contribution in [2.75, 3.05) is 19.0 Å². The van der Waals surface area contributed by atoms with Crippen LogP contribution in [-0.4, -0.2) is 34.7 Å². The van der Waals surface area contributed by atoms with Crippen molar-refractivity contribution in [1.82, 2.24) is 20.5 Å². The molecule has 7 nitrogen and oxygen atoms in total. The Kier molecular flexibility index (Phi) is 13.7. The Balaban J connectivity index is 1.95. The van der Waals surface area contributed by atoms with Crippen molar-refractivity contribution in [3.63, 3.8) is 0 Å². The number of aromatic nitrogens is 2. The van der Waals surface area contributed by atoms with Crippen molar-refractivity contribution in [3.8, 4) is 0 Å². The van der Waals surface area contributed by atoms with E-state index in [-0.39, 0.29) is 0 Å². The van der Waals surface area contributed by atoms with Gasteiger partial charge in [-0.1, -0.05) is 90.4 Å². The zero-order valence-corrected chi connectivity index (χ0v) is 18.9. The van der Waals surface area contributed by atoms with Crippen LogP contribution in [0.5, 0.6) is 0 Å². The van der Waals surface area contributed by atoms with Crippen LogP contribution in [0.25, 0.3) is 0 Å². The van der Waals surface area contributed by atoms with Crippen LogP contribution in [0.15, 0.2) is 4.52 Å². The first-order chi connectivity index (χ1) is 14.8. The smallest absolute Gasteiger partial charge is 0.326 e. The monoisotopic (exact) mass is 449 g/mol. The Morgan fingerprint density at radius 1 is 0.903 bits per heavy atom. The molecule has 0 aromatic carbocycles. The lowest BCUT2D eigenvalue weighted by atomic mass is 10.0. The van der Waals surface area contributed by atoms with E-state index < -0.39 is 24.0 Å². The summed E-state index contributed by atoms with van der Waals surface area (Å²) in [5.41, 5.74) is 4.42. The number of urea groups is 1. The summed E-state index contributed by atoms with van der Waals surface area (Å²) in [6.07, 6.45) is 13.0. The normalized spacial score (nSPS) is 11.5. The highest BCUT2D eigenvalue weighted by Gasteiger charge is 2.37. The van der Waals surface area contributed by atoms with Crippen molar-refractivity contribution in [2.45, 2.75) is 103 Å². The summed E-state index contributed by atoms with van der Waals surface area (Å²) in [7, 11) is 1.62. The molecule has 0 saturated heterocycles. The van der Waals surface area contributed by atoms with E-state index in [9.17, 15) is 18.0 Å². The Morgan fingerprint density at radius 3 is 1.84 bits per heavy atom. The van der Waals surface area contributed by atoms with Crippen molar-refractivity contribution in [2.24, 2.45) is 0 Å². The molecule has 10 heteroatoms. The van der Waals surface area contributed by atoms with Crippen LogP contribution < -0.4 is 10.9 Å². The van der Waals surface area contributed by atoms with Gasteiger partial charge < -0.3 is 9.42 Å². The number of rotatable bonds is 17. The van der Waals surface area contributed by atoms with E-state index >= 15 is 0 Å². The quantitative estimate of drug-likeness (QED) is 0.208. The average molecular weight is 450 g/mol. The van der Waals surface area contributed by atoms with Crippen molar-refractivity contribution in [3.05, 3.63) is 5.82 Å². The van der Waals surface area contributed by atoms with Crippen LogP contribution in [0.2, 0.25) is 0 Å². The fourth-order valence-corrected chi connectivity index (χ4v) is 3.24. The zero-order valence-electron chi connectivity index (χ0n) is 18.9. The molecule has 0 aliphatic heterocycles. The molecule has 1 aromatic rings. The fraction of sp³-hybridized carbons (Fsp3) is 0.857. The minimum absolute atomic E-state index is 0.485. The molecule has 0 radical (unpaired) electrons. The molecule has 1 rings (SSSR count). The molecule has 31 heavy (non-hydrogen) atoms. The second-order valence-corrected chi connectivity index (χ2v) is 7.99. The lowest BCUT2D eigenvalue weighted by Gasteiger charge is -2.17. The third-order valence-corrected chi connectivity index (χ3v) is 5.15. The maximum absolute atomic E-state index is 12.4. The lowest BCUT2D eigenvalue weighted by Crippen LogP contribution is -2.40. The van der Waals surface area contributed by atoms with Gasteiger partial charge in [-0.15, -0.1) is 0 Å². The molecule has 0 spiro atoms. The van der Waals surface area contributed by atoms with E-state index in [1.54, 1.807) is 7.05 Å². The van der Waals surface area contributed by atoms with Gasteiger partial charge in [0.25, 0.3) is 5.82 Å². The van der Waals surface area contributed by atoms with Gasteiger partial charge in [0, 0.05) is 13.6 Å². The second kappa shape index (κ2) is 15.8. The number of alkyl halides is 3. The number of hydrogen-bond acceptors (Lipinski definition) is 5. The molecule has 0 unspecified atom stereocenters. The van der Waals surface area contributed by atoms with Gasteiger partial charge in [0.15, 0.2) is 0 Å². The van der Waals surface area contributed by atoms with Gasteiger partial charge in [0.05, 0.1) is 0 Å². The van der Waals surface area contributed by atoms with E-state index in [4.69, 9.17) is 0 Å². The second-order valence-electron chi connectivity index (χ2n) is 7.99. The van der Waals surface area contributed by atoms with Crippen LogP contribution in [-0.2, 0) is 6.18 Å². The number of anilines is 1. The highest BCUT2D eigenvalue weighted by atomic mass is 19.4. The third-order valence-electron chi connectivity index (χ3n) is 5.15. The van der Waals surface area contributed by atoms with E-state index in [1.165, 1.54) is 75.5 Å². The topological polar surface area (TPSA) is 83.3 Å². The molecule has 180 valence electrons. The van der Waals surface area contributed by atoms with E-state index in [1.807, 2.05) is 0 Å². The lowest BCUT2D eigenvalue weighted by molar-refractivity contribution is -0.146. The first kappa shape index (κ1) is 27.0. The van der Waals surface area contributed by atoms with Crippen molar-refractivity contribution >= 4 is 12.0 Å². The fourth-order valence-electron chi connectivity index (χ4n) is 3.24. The number of halogens is 3. The number of nitrogens with one attached hydrogen (secondary N) is 2. The number of hydrazine groups is 1. The third kappa shape index (κ3) is 13.1. The number of unbranched alkanes of at least 4 members (excludes halogenated alkanes) is 13. The molecule has 1 aromatic heterocycles. The highest BCUT2D eigenvalue weighted by molar-refractivity contribution is 5.74. The number of hydrogen-bond donors (Lipinski definition) is 2. The Bertz CT molecular complexity index is 596. The van der Waals surface area contributed by atoms with Crippen molar-refractivity contribution < 1.29 is 22.5 Å². The van der Waals surface area contributed by atoms with Crippen LogP contribution >= 0.6 is 0 Å². The van der Waals surface area contributed by atoms with Gasteiger partial charge in [0.2, 0.25) is 0 Å². The Morgan fingerprint density at radius 2 is 1.39 bits per heavy atom. The van der Waals surface area contributed by atoms with E-state index in [0.717, 1.165) is 19.3 Å². The van der Waals surface area contributed by atoms with Crippen LogP contribution in [0.3, 0.4) is 0 Å². The van der Waals surface area contributed by atoms with Crippen molar-refractivity contribution in [1.29, 1.82) is 0 Å². The average Bonchev–Trinajstić information content (AvgIpc) is 3.21. The first-order valence-corrected chi connectivity index (χ1v) is 11.5. The maximum atomic E-state index is 12.4. The van der Waals surface area contributed by atoms with E-state index in [2.05, 4.69) is 32.4 Å². The minimum Gasteiger partial charge on any atom is -0.326 e. The molecule has 0 aliphatic carbocycles. The van der Waals surface area contributed by atoms with Gasteiger partial charge in [-0.3, -0.25) is 0 Å². The molecule has 2 amide bonds. The number of carbonyl (C=O) groups excluding carboxylic acids is 1. The van der Waals surface area contributed by atoms with Gasteiger partial charge in [-0.2, -0.15) is 18.2 Å². The van der Waals surface area contributed by atoms with Gasteiger partial charge in [-0.05, 0) is 11.6 Å².